The average Bonchev–Trinajstić information content (AvgIpc) is 2.92. The minimum atomic E-state index is -1.41. The average molecular weight is 405 g/mol. The van der Waals surface area contributed by atoms with Crippen molar-refractivity contribution in [2.75, 3.05) is 39.8 Å². The number of likely N-dealkylation sites (tertiary alicyclic amines) is 1. The molecule has 4 amide bonds. The molecule has 0 N–H and O–H groups in total. The number of nitrogens with zero attached hydrogens (tertiary/aromatic N) is 3. The second-order valence-corrected chi connectivity index (χ2v) is 7.27. The van der Waals surface area contributed by atoms with E-state index < -0.39 is 29.1 Å². The van der Waals surface area contributed by atoms with Crippen molar-refractivity contribution < 1.29 is 28.3 Å². The van der Waals surface area contributed by atoms with E-state index in [4.69, 9.17) is 4.74 Å². The SMILES string of the molecule is CCOC(=O)N1CCN(C(=O)C[C@@]2(c3cccc(F)c3)CC(=O)N(C)C2=O)CC1. The fraction of sp³-hybridized carbons (Fsp3) is 0.500. The molecule has 2 fully saturated rings. The number of ether oxygens (including phenoxy) is 1. The molecule has 1 aromatic carbocycles. The van der Waals surface area contributed by atoms with Crippen LogP contribution in [-0.2, 0) is 24.5 Å². The van der Waals surface area contributed by atoms with Crippen LogP contribution in [0, 0.1) is 5.82 Å². The number of piperazine rings is 1. The molecule has 0 saturated carbocycles. The van der Waals surface area contributed by atoms with Gasteiger partial charge in [-0.3, -0.25) is 19.3 Å². The van der Waals surface area contributed by atoms with Crippen molar-refractivity contribution in [3.8, 4) is 0 Å². The third kappa shape index (κ3) is 3.94. The summed E-state index contributed by atoms with van der Waals surface area (Å²) in [6.45, 7) is 3.25. The number of amides is 4. The van der Waals surface area contributed by atoms with Crippen LogP contribution in [0.3, 0.4) is 0 Å². The van der Waals surface area contributed by atoms with Crippen LogP contribution in [0.1, 0.15) is 25.3 Å². The first-order chi connectivity index (χ1) is 13.8. The van der Waals surface area contributed by atoms with Crippen molar-refractivity contribution in [3.05, 3.63) is 35.6 Å². The highest BCUT2D eigenvalue weighted by Gasteiger charge is 2.53. The molecular formula is C20H24FN3O5. The maximum atomic E-state index is 13.8. The van der Waals surface area contributed by atoms with Crippen LogP contribution in [0.5, 0.6) is 0 Å². The normalized spacial score (nSPS) is 22.2. The number of benzene rings is 1. The first-order valence-corrected chi connectivity index (χ1v) is 9.55. The second kappa shape index (κ2) is 8.18. The van der Waals surface area contributed by atoms with Crippen molar-refractivity contribution in [1.29, 1.82) is 0 Å². The fourth-order valence-corrected chi connectivity index (χ4v) is 3.86. The van der Waals surface area contributed by atoms with Crippen molar-refractivity contribution in [2.45, 2.75) is 25.2 Å². The number of halogens is 1. The Kier molecular flexibility index (Phi) is 5.86. The first-order valence-electron chi connectivity index (χ1n) is 9.55. The third-order valence-corrected chi connectivity index (χ3v) is 5.53. The van der Waals surface area contributed by atoms with Gasteiger partial charge < -0.3 is 14.5 Å². The van der Waals surface area contributed by atoms with E-state index in [0.717, 1.165) is 4.90 Å². The minimum absolute atomic E-state index is 0.180. The van der Waals surface area contributed by atoms with Crippen LogP contribution in [0.2, 0.25) is 0 Å². The number of hydrogen-bond acceptors (Lipinski definition) is 5. The van der Waals surface area contributed by atoms with Crippen molar-refractivity contribution in [3.63, 3.8) is 0 Å². The molecule has 0 aliphatic carbocycles. The summed E-state index contributed by atoms with van der Waals surface area (Å²) in [5.74, 6) is -1.76. The lowest BCUT2D eigenvalue weighted by Gasteiger charge is -2.36. The Balaban J connectivity index is 1.78. The summed E-state index contributed by atoms with van der Waals surface area (Å²) in [7, 11) is 1.37. The van der Waals surface area contributed by atoms with E-state index >= 15 is 0 Å². The van der Waals surface area contributed by atoms with Crippen LogP contribution in [-0.4, -0.2) is 78.3 Å². The van der Waals surface area contributed by atoms with Gasteiger partial charge in [0.05, 0.1) is 12.0 Å². The van der Waals surface area contributed by atoms with E-state index in [-0.39, 0.29) is 25.4 Å². The number of imide groups is 1. The smallest absolute Gasteiger partial charge is 0.409 e. The third-order valence-electron chi connectivity index (χ3n) is 5.53. The molecule has 0 spiro atoms. The molecule has 3 rings (SSSR count). The number of rotatable bonds is 4. The predicted molar refractivity (Wildman–Crippen MR) is 100 cm³/mol. The zero-order chi connectivity index (χ0) is 21.2. The zero-order valence-electron chi connectivity index (χ0n) is 16.5. The summed E-state index contributed by atoms with van der Waals surface area (Å²) in [6.07, 6.45) is -0.834. The summed E-state index contributed by atoms with van der Waals surface area (Å²) >= 11 is 0. The Morgan fingerprint density at radius 2 is 1.79 bits per heavy atom. The van der Waals surface area contributed by atoms with Gasteiger partial charge in [-0.15, -0.1) is 0 Å². The lowest BCUT2D eigenvalue weighted by molar-refractivity contribution is -0.142. The van der Waals surface area contributed by atoms with Crippen LogP contribution < -0.4 is 0 Å². The highest BCUT2D eigenvalue weighted by Crippen LogP contribution is 2.40. The molecule has 1 atom stereocenters. The van der Waals surface area contributed by atoms with E-state index in [1.807, 2.05) is 0 Å². The minimum Gasteiger partial charge on any atom is -0.450 e. The molecule has 0 radical (unpaired) electrons. The molecule has 9 heteroatoms. The number of carbonyl (C=O) groups is 4. The molecule has 8 nitrogen and oxygen atoms in total. The second-order valence-electron chi connectivity index (χ2n) is 7.27. The van der Waals surface area contributed by atoms with Crippen LogP contribution in [0.4, 0.5) is 9.18 Å². The van der Waals surface area contributed by atoms with Crippen LogP contribution in [0.15, 0.2) is 24.3 Å². The molecule has 2 aliphatic heterocycles. The molecule has 1 aromatic rings. The Hall–Kier alpha value is -2.97. The van der Waals surface area contributed by atoms with E-state index in [0.29, 0.717) is 31.7 Å². The standard InChI is InChI=1S/C20H24FN3O5/c1-3-29-19(28)24-9-7-23(8-10-24)17(26)13-20(12-16(25)22(2)18(20)27)14-5-4-6-15(21)11-14/h4-6,11H,3,7-10,12-13H2,1-2H3/t20-/m1/s1. The largest absolute Gasteiger partial charge is 0.450 e. The van der Waals surface area contributed by atoms with Gasteiger partial charge in [-0.2, -0.15) is 0 Å². The van der Waals surface area contributed by atoms with E-state index in [1.54, 1.807) is 17.9 Å². The highest BCUT2D eigenvalue weighted by molar-refractivity contribution is 6.10. The lowest BCUT2D eigenvalue weighted by Crippen LogP contribution is -2.52. The van der Waals surface area contributed by atoms with E-state index in [9.17, 15) is 23.6 Å². The monoisotopic (exact) mass is 405 g/mol. The summed E-state index contributed by atoms with van der Waals surface area (Å²) < 4.78 is 18.8. The maximum absolute atomic E-state index is 13.8. The topological polar surface area (TPSA) is 87.2 Å². The quantitative estimate of drug-likeness (QED) is 0.702. The van der Waals surface area contributed by atoms with Crippen LogP contribution in [0.25, 0.3) is 0 Å². The van der Waals surface area contributed by atoms with Gasteiger partial charge in [0.1, 0.15) is 5.82 Å². The fourth-order valence-electron chi connectivity index (χ4n) is 3.86. The van der Waals surface area contributed by atoms with Gasteiger partial charge in [-0.05, 0) is 24.6 Å². The highest BCUT2D eigenvalue weighted by atomic mass is 19.1. The Morgan fingerprint density at radius 3 is 2.34 bits per heavy atom. The van der Waals surface area contributed by atoms with Crippen LogP contribution >= 0.6 is 0 Å². The Labute approximate surface area is 168 Å². The van der Waals surface area contributed by atoms with Crippen molar-refractivity contribution in [2.24, 2.45) is 0 Å². The maximum Gasteiger partial charge on any atom is 0.409 e. The molecule has 0 unspecified atom stereocenters. The summed E-state index contributed by atoms with van der Waals surface area (Å²) in [5, 5.41) is 0. The molecule has 0 bridgehead atoms. The summed E-state index contributed by atoms with van der Waals surface area (Å²) in [6, 6.07) is 5.49. The molecule has 156 valence electrons. The van der Waals surface area contributed by atoms with Gasteiger partial charge in [0.25, 0.3) is 0 Å². The van der Waals surface area contributed by atoms with Gasteiger partial charge in [0, 0.05) is 46.1 Å². The number of likely N-dealkylation sites (N-methyl/N-ethyl adjacent to an activating group) is 1. The van der Waals surface area contributed by atoms with Gasteiger partial charge in [-0.1, -0.05) is 12.1 Å². The lowest BCUT2D eigenvalue weighted by atomic mass is 9.75. The first kappa shape index (κ1) is 20.8. The van der Waals surface area contributed by atoms with Crippen molar-refractivity contribution in [1.82, 2.24) is 14.7 Å². The molecule has 29 heavy (non-hydrogen) atoms. The zero-order valence-corrected chi connectivity index (χ0v) is 16.5. The van der Waals surface area contributed by atoms with Gasteiger partial charge in [0.2, 0.25) is 17.7 Å². The molecule has 2 saturated heterocycles. The Morgan fingerprint density at radius 1 is 1.14 bits per heavy atom. The van der Waals surface area contributed by atoms with Gasteiger partial charge >= 0.3 is 6.09 Å². The number of hydrogen-bond donors (Lipinski definition) is 0. The van der Waals surface area contributed by atoms with Crippen molar-refractivity contribution >= 4 is 23.8 Å². The van der Waals surface area contributed by atoms with Gasteiger partial charge in [0.15, 0.2) is 0 Å². The van der Waals surface area contributed by atoms with E-state index in [1.165, 1.54) is 30.1 Å². The molecule has 2 heterocycles. The summed E-state index contributed by atoms with van der Waals surface area (Å²) in [4.78, 5) is 54.0. The molecule has 2 aliphatic rings. The Bertz CT molecular complexity index is 837. The molecular weight excluding hydrogens is 381 g/mol. The molecule has 0 aromatic heterocycles. The predicted octanol–water partition coefficient (Wildman–Crippen LogP) is 1.14. The van der Waals surface area contributed by atoms with Gasteiger partial charge in [-0.25, -0.2) is 9.18 Å². The number of carbonyl (C=O) groups excluding carboxylic acids is 4. The summed E-state index contributed by atoms with van der Waals surface area (Å²) in [5.41, 5.74) is -1.10. The van der Waals surface area contributed by atoms with E-state index in [2.05, 4.69) is 0 Å².